The average Bonchev–Trinajstić information content (AvgIpc) is 3.49. The predicted octanol–water partition coefficient (Wildman–Crippen LogP) is 8.54. The van der Waals surface area contributed by atoms with Gasteiger partial charge in [0, 0.05) is 28.1 Å². The second kappa shape index (κ2) is 20.6. The highest BCUT2D eigenvalue weighted by Crippen LogP contribution is 2.30. The summed E-state index contributed by atoms with van der Waals surface area (Å²) in [6, 6.07) is 12.0. The number of thiazole rings is 1. The van der Waals surface area contributed by atoms with E-state index in [1.54, 1.807) is 12.5 Å². The van der Waals surface area contributed by atoms with Crippen molar-refractivity contribution in [1.82, 2.24) is 10.3 Å². The zero-order valence-corrected chi connectivity index (χ0v) is 26.5. The number of amides is 2. The van der Waals surface area contributed by atoms with Gasteiger partial charge in [-0.2, -0.15) is 25.3 Å². The molecule has 210 valence electrons. The standard InChI is InChI=1S/C24H25N3O2S.2C2H6.2CH4S/c1-3-22(28)26-20-6-4-5-16-9-10-17(13-19(16)20)21-14-30-24(27-21)23(29)25-18-11-7-15(2)8-12-18;4*1-2/h3-6,9-10,13-15,18H,1,7-8,11-12H2,2H3,(H,25,29)(H,26,28);2*1-2H3;2*2H,1H3. The van der Waals surface area contributed by atoms with Crippen molar-refractivity contribution in [2.24, 2.45) is 5.92 Å². The van der Waals surface area contributed by atoms with Crippen molar-refractivity contribution >= 4 is 64.9 Å². The smallest absolute Gasteiger partial charge is 0.280 e. The lowest BCUT2D eigenvalue weighted by atomic mass is 9.87. The van der Waals surface area contributed by atoms with Crippen molar-refractivity contribution in [3.05, 3.63) is 59.4 Å². The molecule has 0 saturated heterocycles. The molecule has 1 aliphatic carbocycles. The Labute approximate surface area is 244 Å². The van der Waals surface area contributed by atoms with Crippen molar-refractivity contribution in [2.75, 3.05) is 17.8 Å². The number of thiol groups is 2. The largest absolute Gasteiger partial charge is 0.347 e. The van der Waals surface area contributed by atoms with Crippen LogP contribution in [0, 0.1) is 5.92 Å². The number of carbonyl (C=O) groups excluding carboxylic acids is 2. The number of fused-ring (bicyclic) bond motifs is 1. The molecule has 2 aromatic carbocycles. The van der Waals surface area contributed by atoms with E-state index >= 15 is 0 Å². The van der Waals surface area contributed by atoms with E-state index in [2.05, 4.69) is 54.4 Å². The SMILES string of the molecule is C=CC(=O)Nc1cccc2ccc(-c3csc(C(=O)NC4CCC(C)CC4)n3)cc12.CC.CC.CS.CS. The maximum absolute atomic E-state index is 12.6. The Hall–Kier alpha value is -2.29. The van der Waals surface area contributed by atoms with Crippen molar-refractivity contribution in [1.29, 1.82) is 0 Å². The molecule has 3 aromatic rings. The van der Waals surface area contributed by atoms with Crippen LogP contribution in [0.1, 0.15) is 70.1 Å². The minimum absolute atomic E-state index is 0.0921. The third-order valence-electron chi connectivity index (χ3n) is 5.67. The fraction of sp³-hybridized carbons (Fsp3) is 0.433. The number of benzene rings is 2. The Morgan fingerprint density at radius 1 is 1.00 bits per heavy atom. The molecule has 1 saturated carbocycles. The van der Waals surface area contributed by atoms with E-state index in [0.29, 0.717) is 5.01 Å². The zero-order valence-electron chi connectivity index (χ0n) is 23.9. The summed E-state index contributed by atoms with van der Waals surface area (Å²) in [5, 5.41) is 10.3. The molecule has 1 fully saturated rings. The maximum Gasteiger partial charge on any atom is 0.280 e. The van der Waals surface area contributed by atoms with Crippen molar-refractivity contribution in [3.63, 3.8) is 0 Å². The summed E-state index contributed by atoms with van der Waals surface area (Å²) in [6.07, 6.45) is 9.04. The van der Waals surface area contributed by atoms with Gasteiger partial charge < -0.3 is 10.6 Å². The summed E-state index contributed by atoms with van der Waals surface area (Å²) in [7, 11) is 0. The lowest BCUT2D eigenvalue weighted by Crippen LogP contribution is -2.37. The molecular formula is C30H45N3O2S3. The number of aromatic nitrogens is 1. The van der Waals surface area contributed by atoms with E-state index < -0.39 is 0 Å². The Morgan fingerprint density at radius 3 is 2.24 bits per heavy atom. The summed E-state index contributed by atoms with van der Waals surface area (Å²) in [5.41, 5.74) is 2.39. The third-order valence-corrected chi connectivity index (χ3v) is 6.51. The molecule has 38 heavy (non-hydrogen) atoms. The molecule has 0 spiro atoms. The van der Waals surface area contributed by atoms with Crippen LogP contribution in [-0.4, -0.2) is 35.4 Å². The molecule has 1 heterocycles. The normalized spacial score (nSPS) is 15.4. The number of anilines is 1. The van der Waals surface area contributed by atoms with Gasteiger partial charge in [-0.05, 0) is 67.7 Å². The quantitative estimate of drug-likeness (QED) is 0.182. The molecule has 0 aliphatic heterocycles. The summed E-state index contributed by atoms with van der Waals surface area (Å²) in [6.45, 7) is 13.8. The van der Waals surface area contributed by atoms with Crippen molar-refractivity contribution < 1.29 is 9.59 Å². The van der Waals surface area contributed by atoms with E-state index in [1.165, 1.54) is 17.4 Å². The maximum atomic E-state index is 12.6. The highest BCUT2D eigenvalue weighted by molar-refractivity contribution is 7.79. The molecule has 2 N–H and O–H groups in total. The first-order valence-electron chi connectivity index (χ1n) is 13.2. The molecule has 1 aliphatic rings. The van der Waals surface area contributed by atoms with Gasteiger partial charge in [-0.1, -0.05) is 65.5 Å². The van der Waals surface area contributed by atoms with Crippen LogP contribution in [-0.2, 0) is 4.79 Å². The van der Waals surface area contributed by atoms with E-state index in [9.17, 15) is 9.59 Å². The van der Waals surface area contributed by atoms with Crippen LogP contribution in [0.3, 0.4) is 0 Å². The number of hydrogen-bond acceptors (Lipinski definition) is 6. The summed E-state index contributed by atoms with van der Waals surface area (Å²) in [4.78, 5) is 29.0. The number of carbonyl (C=O) groups is 2. The molecule has 0 atom stereocenters. The first-order chi connectivity index (χ1) is 18.5. The molecular weight excluding hydrogens is 531 g/mol. The number of rotatable bonds is 5. The minimum Gasteiger partial charge on any atom is -0.347 e. The van der Waals surface area contributed by atoms with E-state index in [0.717, 1.165) is 59.3 Å². The summed E-state index contributed by atoms with van der Waals surface area (Å²) < 4.78 is 0. The fourth-order valence-corrected chi connectivity index (χ4v) is 4.62. The zero-order chi connectivity index (χ0) is 29.1. The first-order valence-corrected chi connectivity index (χ1v) is 15.8. The van der Waals surface area contributed by atoms with Crippen molar-refractivity contribution in [3.8, 4) is 11.3 Å². The van der Waals surface area contributed by atoms with Crippen LogP contribution in [0.15, 0.2) is 54.4 Å². The monoisotopic (exact) mass is 575 g/mol. The minimum atomic E-state index is -0.252. The lowest BCUT2D eigenvalue weighted by molar-refractivity contribution is -0.111. The van der Waals surface area contributed by atoms with Gasteiger partial charge in [0.1, 0.15) is 0 Å². The van der Waals surface area contributed by atoms with Gasteiger partial charge in [0.25, 0.3) is 5.91 Å². The number of hydrogen-bond donors (Lipinski definition) is 4. The van der Waals surface area contributed by atoms with Gasteiger partial charge in [0.15, 0.2) is 5.01 Å². The topological polar surface area (TPSA) is 71.1 Å². The van der Waals surface area contributed by atoms with Crippen molar-refractivity contribution in [2.45, 2.75) is 66.3 Å². The average molecular weight is 576 g/mol. The molecule has 2 amide bonds. The van der Waals surface area contributed by atoms with Gasteiger partial charge in [0.05, 0.1) is 5.69 Å². The Kier molecular flexibility index (Phi) is 19.4. The highest BCUT2D eigenvalue weighted by atomic mass is 32.1. The van der Waals surface area contributed by atoms with E-state index in [4.69, 9.17) is 0 Å². The van der Waals surface area contributed by atoms with E-state index in [1.807, 2.05) is 69.5 Å². The van der Waals surface area contributed by atoms with Crippen LogP contribution < -0.4 is 10.6 Å². The second-order valence-corrected chi connectivity index (χ2v) is 8.76. The molecule has 1 aromatic heterocycles. The van der Waals surface area contributed by atoms with Crippen LogP contribution >= 0.6 is 36.6 Å². The molecule has 0 unspecified atom stereocenters. The van der Waals surface area contributed by atoms with Gasteiger partial charge in [-0.25, -0.2) is 4.98 Å². The lowest BCUT2D eigenvalue weighted by Gasteiger charge is -2.26. The number of nitrogens with zero attached hydrogens (tertiary/aromatic N) is 1. The summed E-state index contributed by atoms with van der Waals surface area (Å²) >= 11 is 8.41. The molecule has 8 heteroatoms. The highest BCUT2D eigenvalue weighted by Gasteiger charge is 2.22. The van der Waals surface area contributed by atoms with Gasteiger partial charge in [-0.3, -0.25) is 9.59 Å². The number of nitrogens with one attached hydrogen (secondary N) is 2. The van der Waals surface area contributed by atoms with Gasteiger partial charge >= 0.3 is 0 Å². The second-order valence-electron chi connectivity index (χ2n) is 7.90. The van der Waals surface area contributed by atoms with Gasteiger partial charge in [0.2, 0.25) is 5.91 Å². The van der Waals surface area contributed by atoms with Crippen LogP contribution in [0.4, 0.5) is 5.69 Å². The summed E-state index contributed by atoms with van der Waals surface area (Å²) in [5.74, 6) is 0.404. The Bertz CT molecular complexity index is 1110. The Balaban J connectivity index is 0.00000157. The molecule has 0 radical (unpaired) electrons. The van der Waals surface area contributed by atoms with Crippen LogP contribution in [0.2, 0.25) is 0 Å². The fourth-order valence-electron chi connectivity index (χ4n) is 3.89. The molecule has 0 bridgehead atoms. The van der Waals surface area contributed by atoms with Gasteiger partial charge in [-0.15, -0.1) is 11.3 Å². The molecule has 4 rings (SSSR count). The first kappa shape index (κ1) is 35.7. The predicted molar refractivity (Wildman–Crippen MR) is 175 cm³/mol. The molecule has 5 nitrogen and oxygen atoms in total. The third kappa shape index (κ3) is 10.8. The van der Waals surface area contributed by atoms with Crippen LogP contribution in [0.5, 0.6) is 0 Å². The van der Waals surface area contributed by atoms with E-state index in [-0.39, 0.29) is 17.9 Å². The Morgan fingerprint density at radius 2 is 1.63 bits per heavy atom. The van der Waals surface area contributed by atoms with Crippen LogP contribution in [0.25, 0.3) is 22.0 Å².